The lowest BCUT2D eigenvalue weighted by Gasteiger charge is -2.17. The highest BCUT2D eigenvalue weighted by atomic mass is 32.1. The van der Waals surface area contributed by atoms with Crippen LogP contribution in [-0.2, 0) is 19.4 Å². The van der Waals surface area contributed by atoms with Crippen molar-refractivity contribution in [1.29, 1.82) is 0 Å². The molecule has 1 heterocycles. The number of aryl methyl sites for hydroxylation is 2. The number of hydrogen-bond acceptors (Lipinski definition) is 3. The van der Waals surface area contributed by atoms with Crippen molar-refractivity contribution in [3.8, 4) is 5.75 Å². The van der Waals surface area contributed by atoms with Gasteiger partial charge < -0.3 is 10.1 Å². The lowest BCUT2D eigenvalue weighted by atomic mass is 10.0. The SMILES string of the molecule is CCC(NCc1cc2c(s1)CCC2)c1ccc(OC)cc1. The average molecular weight is 301 g/mol. The molecule has 1 N–H and O–H groups in total. The second kappa shape index (κ2) is 6.63. The van der Waals surface area contributed by atoms with Gasteiger partial charge in [-0.1, -0.05) is 19.1 Å². The fraction of sp³-hybridized carbons (Fsp3) is 0.444. The largest absolute Gasteiger partial charge is 0.497 e. The molecule has 0 aliphatic heterocycles. The normalized spacial score (nSPS) is 15.0. The molecule has 0 bridgehead atoms. The number of benzene rings is 1. The van der Waals surface area contributed by atoms with Gasteiger partial charge in [0, 0.05) is 22.3 Å². The van der Waals surface area contributed by atoms with Crippen LogP contribution in [-0.4, -0.2) is 7.11 Å². The van der Waals surface area contributed by atoms with E-state index in [0.717, 1.165) is 18.7 Å². The maximum Gasteiger partial charge on any atom is 0.118 e. The maximum absolute atomic E-state index is 5.23. The van der Waals surface area contributed by atoms with Crippen LogP contribution in [0.4, 0.5) is 0 Å². The fourth-order valence-electron chi connectivity index (χ4n) is 3.04. The summed E-state index contributed by atoms with van der Waals surface area (Å²) >= 11 is 1.99. The number of methoxy groups -OCH3 is 1. The van der Waals surface area contributed by atoms with Crippen molar-refractivity contribution in [2.45, 2.75) is 45.2 Å². The second-order valence-corrected chi connectivity index (χ2v) is 6.85. The van der Waals surface area contributed by atoms with Crippen molar-refractivity contribution in [2.75, 3.05) is 7.11 Å². The van der Waals surface area contributed by atoms with Gasteiger partial charge in [0.2, 0.25) is 0 Å². The van der Waals surface area contributed by atoms with E-state index >= 15 is 0 Å². The average Bonchev–Trinajstić information content (AvgIpc) is 3.10. The molecule has 0 spiro atoms. The molecule has 1 aromatic carbocycles. The Morgan fingerprint density at radius 3 is 2.71 bits per heavy atom. The summed E-state index contributed by atoms with van der Waals surface area (Å²) in [6.45, 7) is 3.21. The van der Waals surface area contributed by atoms with Gasteiger partial charge in [0.15, 0.2) is 0 Å². The van der Waals surface area contributed by atoms with Gasteiger partial charge in [0.05, 0.1) is 7.11 Å². The zero-order chi connectivity index (χ0) is 14.7. The van der Waals surface area contributed by atoms with Crippen molar-refractivity contribution in [1.82, 2.24) is 5.32 Å². The standard InChI is InChI=1S/C18H23NOS/c1-3-17(13-7-9-15(20-2)10-8-13)19-12-16-11-14-5-4-6-18(14)21-16/h7-11,17,19H,3-6,12H2,1-2H3. The Bertz CT molecular complexity index is 566. The number of hydrogen-bond donors (Lipinski definition) is 1. The van der Waals surface area contributed by atoms with Crippen LogP contribution in [0.15, 0.2) is 30.3 Å². The molecule has 0 saturated heterocycles. The molecule has 1 aromatic heterocycles. The van der Waals surface area contributed by atoms with E-state index in [1.54, 1.807) is 17.6 Å². The van der Waals surface area contributed by atoms with E-state index in [2.05, 4.69) is 30.4 Å². The van der Waals surface area contributed by atoms with Crippen LogP contribution in [0, 0.1) is 0 Å². The quantitative estimate of drug-likeness (QED) is 0.849. The van der Waals surface area contributed by atoms with Crippen molar-refractivity contribution < 1.29 is 4.74 Å². The lowest BCUT2D eigenvalue weighted by Crippen LogP contribution is -2.19. The molecule has 3 heteroatoms. The first kappa shape index (κ1) is 14.6. The van der Waals surface area contributed by atoms with Gasteiger partial charge in [-0.05, 0) is 55.0 Å². The van der Waals surface area contributed by atoms with Crippen LogP contribution in [0.25, 0.3) is 0 Å². The molecule has 2 aromatic rings. The van der Waals surface area contributed by atoms with Crippen molar-refractivity contribution in [3.63, 3.8) is 0 Å². The van der Waals surface area contributed by atoms with E-state index in [4.69, 9.17) is 4.74 Å². The third-order valence-corrected chi connectivity index (χ3v) is 5.48. The van der Waals surface area contributed by atoms with E-state index in [9.17, 15) is 0 Å². The third kappa shape index (κ3) is 3.30. The molecule has 2 nitrogen and oxygen atoms in total. The number of nitrogens with one attached hydrogen (secondary N) is 1. The molecule has 21 heavy (non-hydrogen) atoms. The Morgan fingerprint density at radius 2 is 2.05 bits per heavy atom. The van der Waals surface area contributed by atoms with Gasteiger partial charge in [-0.15, -0.1) is 11.3 Å². The number of rotatable bonds is 6. The summed E-state index contributed by atoms with van der Waals surface area (Å²) in [5, 5.41) is 3.70. The molecular weight excluding hydrogens is 278 g/mol. The Labute approximate surface area is 131 Å². The van der Waals surface area contributed by atoms with Crippen LogP contribution in [0.1, 0.15) is 46.7 Å². The van der Waals surface area contributed by atoms with Crippen molar-refractivity contribution in [3.05, 3.63) is 51.2 Å². The summed E-state index contributed by atoms with van der Waals surface area (Å²) in [6, 6.07) is 11.2. The first-order valence-electron chi connectivity index (χ1n) is 7.78. The van der Waals surface area contributed by atoms with Crippen LogP contribution in [0.3, 0.4) is 0 Å². The zero-order valence-corrected chi connectivity index (χ0v) is 13.6. The smallest absolute Gasteiger partial charge is 0.118 e. The third-order valence-electron chi connectivity index (χ3n) is 4.25. The topological polar surface area (TPSA) is 21.3 Å². The summed E-state index contributed by atoms with van der Waals surface area (Å²) in [5.41, 5.74) is 2.93. The minimum Gasteiger partial charge on any atom is -0.497 e. The van der Waals surface area contributed by atoms with Crippen molar-refractivity contribution in [2.24, 2.45) is 0 Å². The van der Waals surface area contributed by atoms with Gasteiger partial charge in [-0.25, -0.2) is 0 Å². The predicted molar refractivity (Wildman–Crippen MR) is 89.2 cm³/mol. The molecule has 0 fully saturated rings. The molecular formula is C18H23NOS. The van der Waals surface area contributed by atoms with E-state index < -0.39 is 0 Å². The predicted octanol–water partition coefficient (Wildman–Crippen LogP) is 4.49. The van der Waals surface area contributed by atoms with Crippen LogP contribution >= 0.6 is 11.3 Å². The maximum atomic E-state index is 5.23. The molecule has 1 unspecified atom stereocenters. The Balaban J connectivity index is 1.63. The second-order valence-electron chi connectivity index (χ2n) is 5.63. The van der Waals surface area contributed by atoms with Gasteiger partial charge in [0.1, 0.15) is 5.75 Å². The summed E-state index contributed by atoms with van der Waals surface area (Å²) in [6.07, 6.45) is 5.01. The molecule has 0 amide bonds. The highest BCUT2D eigenvalue weighted by Crippen LogP contribution is 2.31. The summed E-state index contributed by atoms with van der Waals surface area (Å²) < 4.78 is 5.23. The van der Waals surface area contributed by atoms with Gasteiger partial charge in [-0.2, -0.15) is 0 Å². The molecule has 0 saturated carbocycles. The van der Waals surface area contributed by atoms with Gasteiger partial charge >= 0.3 is 0 Å². The van der Waals surface area contributed by atoms with Crippen LogP contribution in [0.5, 0.6) is 5.75 Å². The Kier molecular flexibility index (Phi) is 4.61. The molecule has 1 atom stereocenters. The highest BCUT2D eigenvalue weighted by molar-refractivity contribution is 7.12. The van der Waals surface area contributed by atoms with Crippen LogP contribution in [0.2, 0.25) is 0 Å². The molecule has 1 aliphatic rings. The number of fused-ring (bicyclic) bond motifs is 1. The van der Waals surface area contributed by atoms with Crippen LogP contribution < -0.4 is 10.1 Å². The van der Waals surface area contributed by atoms with E-state index in [0.29, 0.717) is 6.04 Å². The Morgan fingerprint density at radius 1 is 1.24 bits per heavy atom. The Hall–Kier alpha value is -1.32. The molecule has 3 rings (SSSR count). The monoisotopic (exact) mass is 301 g/mol. The van der Waals surface area contributed by atoms with E-state index in [1.807, 2.05) is 23.5 Å². The summed E-state index contributed by atoms with van der Waals surface area (Å²) in [7, 11) is 1.71. The molecule has 112 valence electrons. The number of ether oxygens (including phenoxy) is 1. The van der Waals surface area contributed by atoms with E-state index in [-0.39, 0.29) is 0 Å². The fourth-order valence-corrected chi connectivity index (χ4v) is 4.25. The lowest BCUT2D eigenvalue weighted by molar-refractivity contribution is 0.414. The summed E-state index contributed by atoms with van der Waals surface area (Å²) in [5.74, 6) is 0.920. The first-order chi connectivity index (χ1) is 10.3. The highest BCUT2D eigenvalue weighted by Gasteiger charge is 2.15. The minimum atomic E-state index is 0.410. The number of thiophene rings is 1. The first-order valence-corrected chi connectivity index (χ1v) is 8.59. The molecule has 1 aliphatic carbocycles. The summed E-state index contributed by atoms with van der Waals surface area (Å²) in [4.78, 5) is 3.09. The van der Waals surface area contributed by atoms with Crippen molar-refractivity contribution >= 4 is 11.3 Å². The minimum absolute atomic E-state index is 0.410. The zero-order valence-electron chi connectivity index (χ0n) is 12.8. The van der Waals surface area contributed by atoms with E-state index in [1.165, 1.54) is 29.7 Å². The molecule has 0 radical (unpaired) electrons. The van der Waals surface area contributed by atoms with Gasteiger partial charge in [0.25, 0.3) is 0 Å². The van der Waals surface area contributed by atoms with Gasteiger partial charge in [-0.3, -0.25) is 0 Å².